The number of piperazine rings is 1. The minimum atomic E-state index is -0.0922. The van der Waals surface area contributed by atoms with Crippen LogP contribution in [0.5, 0.6) is 0 Å². The number of anilines is 1. The van der Waals surface area contributed by atoms with E-state index in [9.17, 15) is 4.79 Å². The molecule has 26 heavy (non-hydrogen) atoms. The van der Waals surface area contributed by atoms with Crippen LogP contribution in [0.2, 0.25) is 5.02 Å². The second kappa shape index (κ2) is 7.13. The summed E-state index contributed by atoms with van der Waals surface area (Å²) in [6, 6.07) is 11.2. The fourth-order valence-corrected chi connectivity index (χ4v) is 3.08. The van der Waals surface area contributed by atoms with Gasteiger partial charge in [-0.25, -0.2) is 4.98 Å². The van der Waals surface area contributed by atoms with E-state index in [4.69, 9.17) is 11.6 Å². The van der Waals surface area contributed by atoms with Gasteiger partial charge in [-0.1, -0.05) is 11.6 Å². The monoisotopic (exact) mass is 368 g/mol. The summed E-state index contributed by atoms with van der Waals surface area (Å²) in [5.41, 5.74) is 1.47. The number of carbonyl (C=O) groups excluding carboxylic acids is 1. The number of rotatable bonds is 3. The van der Waals surface area contributed by atoms with Gasteiger partial charge < -0.3 is 9.80 Å². The van der Waals surface area contributed by atoms with Crippen LogP contribution in [0.4, 0.5) is 5.69 Å². The van der Waals surface area contributed by atoms with Gasteiger partial charge in [0.25, 0.3) is 5.91 Å². The molecule has 8 heteroatoms. The van der Waals surface area contributed by atoms with Crippen LogP contribution >= 0.6 is 11.6 Å². The molecule has 0 radical (unpaired) electrons. The van der Waals surface area contributed by atoms with E-state index >= 15 is 0 Å². The molecule has 1 saturated heterocycles. The van der Waals surface area contributed by atoms with Crippen molar-refractivity contribution in [2.75, 3.05) is 31.1 Å². The van der Waals surface area contributed by atoms with Crippen molar-refractivity contribution in [3.05, 3.63) is 65.8 Å². The molecular weight excluding hydrogens is 352 g/mol. The summed E-state index contributed by atoms with van der Waals surface area (Å²) >= 11 is 5.94. The summed E-state index contributed by atoms with van der Waals surface area (Å²) in [5.74, 6) is 0.539. The maximum Gasteiger partial charge on any atom is 0.274 e. The van der Waals surface area contributed by atoms with E-state index in [1.165, 1.54) is 0 Å². The lowest BCUT2D eigenvalue weighted by Crippen LogP contribution is -2.49. The molecule has 0 unspecified atom stereocenters. The van der Waals surface area contributed by atoms with Gasteiger partial charge in [-0.05, 0) is 36.4 Å². The highest BCUT2D eigenvalue weighted by Crippen LogP contribution is 2.20. The van der Waals surface area contributed by atoms with Gasteiger partial charge in [0.2, 0.25) is 0 Å². The van der Waals surface area contributed by atoms with Crippen LogP contribution in [-0.2, 0) is 0 Å². The molecule has 4 rings (SSSR count). The van der Waals surface area contributed by atoms with Gasteiger partial charge in [0.05, 0.1) is 0 Å². The van der Waals surface area contributed by atoms with Gasteiger partial charge in [0, 0.05) is 49.3 Å². The number of benzene rings is 1. The Balaban J connectivity index is 1.39. The van der Waals surface area contributed by atoms with Crippen molar-refractivity contribution in [1.82, 2.24) is 24.6 Å². The normalized spacial score (nSPS) is 14.5. The molecule has 1 aliphatic rings. The predicted octanol–water partition coefficient (Wildman–Crippen LogP) is 2.28. The largest absolute Gasteiger partial charge is 0.368 e. The summed E-state index contributed by atoms with van der Waals surface area (Å²) in [6.07, 6.45) is 5.09. The first-order chi connectivity index (χ1) is 12.7. The van der Waals surface area contributed by atoms with Gasteiger partial charge >= 0.3 is 0 Å². The third-order valence-electron chi connectivity index (χ3n) is 4.40. The Morgan fingerprint density at radius 1 is 0.962 bits per heavy atom. The Morgan fingerprint density at radius 3 is 2.35 bits per heavy atom. The van der Waals surface area contributed by atoms with Crippen molar-refractivity contribution < 1.29 is 4.79 Å². The molecule has 3 heterocycles. The molecule has 0 atom stereocenters. The van der Waals surface area contributed by atoms with Crippen LogP contribution in [0.3, 0.4) is 0 Å². The summed E-state index contributed by atoms with van der Waals surface area (Å²) in [7, 11) is 0. The highest BCUT2D eigenvalue weighted by Gasteiger charge is 2.23. The summed E-state index contributed by atoms with van der Waals surface area (Å²) in [4.78, 5) is 20.7. The molecule has 132 valence electrons. The Bertz CT molecular complexity index is 871. The molecule has 1 fully saturated rings. The molecule has 0 aliphatic carbocycles. The molecule has 2 aromatic heterocycles. The average Bonchev–Trinajstić information content (AvgIpc) is 3.23. The van der Waals surface area contributed by atoms with Crippen molar-refractivity contribution >= 4 is 23.2 Å². The van der Waals surface area contributed by atoms with Gasteiger partial charge in [0.15, 0.2) is 11.5 Å². The SMILES string of the molecule is O=C(c1ccc(-n2ccnc2)nn1)N1CCN(c2ccc(Cl)cc2)CC1. The first-order valence-electron chi connectivity index (χ1n) is 8.32. The van der Waals surface area contributed by atoms with Crippen molar-refractivity contribution in [1.29, 1.82) is 0 Å². The second-order valence-electron chi connectivity index (χ2n) is 6.00. The third-order valence-corrected chi connectivity index (χ3v) is 4.65. The maximum atomic E-state index is 12.7. The minimum absolute atomic E-state index is 0.0922. The van der Waals surface area contributed by atoms with E-state index in [1.54, 1.807) is 35.4 Å². The zero-order valence-corrected chi connectivity index (χ0v) is 14.8. The fourth-order valence-electron chi connectivity index (χ4n) is 2.95. The van der Waals surface area contributed by atoms with E-state index in [0.717, 1.165) is 23.8 Å². The summed E-state index contributed by atoms with van der Waals surface area (Å²) in [5, 5.41) is 8.91. The Kier molecular flexibility index (Phi) is 4.53. The number of carbonyl (C=O) groups is 1. The quantitative estimate of drug-likeness (QED) is 0.709. The Labute approximate surface area is 155 Å². The number of halogens is 1. The van der Waals surface area contributed by atoms with E-state index in [2.05, 4.69) is 20.1 Å². The minimum Gasteiger partial charge on any atom is -0.368 e. The number of hydrogen-bond donors (Lipinski definition) is 0. The molecule has 1 amide bonds. The number of nitrogens with zero attached hydrogens (tertiary/aromatic N) is 6. The predicted molar refractivity (Wildman–Crippen MR) is 98.7 cm³/mol. The lowest BCUT2D eigenvalue weighted by Gasteiger charge is -2.35. The van der Waals surface area contributed by atoms with Gasteiger partial charge in [-0.2, -0.15) is 0 Å². The summed E-state index contributed by atoms with van der Waals surface area (Å²) < 4.78 is 1.74. The van der Waals surface area contributed by atoms with Gasteiger partial charge in [-0.15, -0.1) is 10.2 Å². The Hall–Kier alpha value is -2.93. The van der Waals surface area contributed by atoms with Crippen LogP contribution < -0.4 is 4.90 Å². The maximum absolute atomic E-state index is 12.7. The van der Waals surface area contributed by atoms with E-state index in [1.807, 2.05) is 29.2 Å². The number of amides is 1. The molecule has 0 saturated carbocycles. The molecule has 3 aromatic rings. The van der Waals surface area contributed by atoms with Crippen LogP contribution in [0.15, 0.2) is 55.1 Å². The van der Waals surface area contributed by atoms with Crippen LogP contribution in [-0.4, -0.2) is 56.7 Å². The molecule has 7 nitrogen and oxygen atoms in total. The Morgan fingerprint density at radius 2 is 1.73 bits per heavy atom. The first kappa shape index (κ1) is 16.5. The third kappa shape index (κ3) is 3.39. The highest BCUT2D eigenvalue weighted by molar-refractivity contribution is 6.30. The van der Waals surface area contributed by atoms with Crippen LogP contribution in [0, 0.1) is 0 Å². The standard InChI is InChI=1S/C18H17ClN6O/c19-14-1-3-15(4-2-14)23-9-11-24(12-10-23)18(26)16-5-6-17(22-21-16)25-8-7-20-13-25/h1-8,13H,9-12H2. The smallest absolute Gasteiger partial charge is 0.274 e. The van der Waals surface area contributed by atoms with Crippen LogP contribution in [0.1, 0.15) is 10.5 Å². The van der Waals surface area contributed by atoms with Crippen LogP contribution in [0.25, 0.3) is 5.82 Å². The zero-order chi connectivity index (χ0) is 17.9. The molecule has 1 aromatic carbocycles. The van der Waals surface area contributed by atoms with Gasteiger partial charge in [-0.3, -0.25) is 9.36 Å². The van der Waals surface area contributed by atoms with E-state index in [0.29, 0.717) is 24.6 Å². The van der Waals surface area contributed by atoms with Gasteiger partial charge in [0.1, 0.15) is 6.33 Å². The molecular formula is C18H17ClN6O. The van der Waals surface area contributed by atoms with Crippen molar-refractivity contribution in [2.24, 2.45) is 0 Å². The lowest BCUT2D eigenvalue weighted by molar-refractivity contribution is 0.0739. The first-order valence-corrected chi connectivity index (χ1v) is 8.70. The highest BCUT2D eigenvalue weighted by atomic mass is 35.5. The number of aromatic nitrogens is 4. The van der Waals surface area contributed by atoms with Crippen molar-refractivity contribution in [2.45, 2.75) is 0 Å². The topological polar surface area (TPSA) is 67.2 Å². The molecule has 1 aliphatic heterocycles. The number of imidazole rings is 1. The van der Waals surface area contributed by atoms with Crippen molar-refractivity contribution in [3.8, 4) is 5.82 Å². The molecule has 0 bridgehead atoms. The average molecular weight is 369 g/mol. The molecule has 0 N–H and O–H groups in total. The lowest BCUT2D eigenvalue weighted by atomic mass is 10.2. The van der Waals surface area contributed by atoms with Crippen molar-refractivity contribution in [3.63, 3.8) is 0 Å². The summed E-state index contributed by atoms with van der Waals surface area (Å²) in [6.45, 7) is 2.83. The zero-order valence-electron chi connectivity index (χ0n) is 14.0. The number of hydrogen-bond acceptors (Lipinski definition) is 5. The second-order valence-corrected chi connectivity index (χ2v) is 6.44. The van der Waals surface area contributed by atoms with E-state index < -0.39 is 0 Å². The molecule has 0 spiro atoms. The fraction of sp³-hybridized carbons (Fsp3) is 0.222. The van der Waals surface area contributed by atoms with E-state index in [-0.39, 0.29) is 5.91 Å².